The Kier molecular flexibility index (Phi) is 7.91. The smallest absolute Gasteiger partial charge is 0.232 e. The second-order valence-corrected chi connectivity index (χ2v) is 8.92. The lowest BCUT2D eigenvalue weighted by Crippen LogP contribution is -2.43. The molecule has 1 heterocycles. The van der Waals surface area contributed by atoms with E-state index in [2.05, 4.69) is 17.3 Å². The Morgan fingerprint density at radius 2 is 1.89 bits per heavy atom. The van der Waals surface area contributed by atoms with E-state index in [9.17, 15) is 13.2 Å². The number of piperidine rings is 1. The highest BCUT2D eigenvalue weighted by Gasteiger charge is 2.20. The number of carbonyl (C=O) groups is 1. The molecule has 0 spiro atoms. The van der Waals surface area contributed by atoms with Gasteiger partial charge in [0, 0.05) is 19.0 Å². The number of carbonyl (C=O) groups excluding carboxylic acids is 1. The summed E-state index contributed by atoms with van der Waals surface area (Å²) in [6.45, 7) is 4.71. The van der Waals surface area contributed by atoms with E-state index >= 15 is 0 Å². The molecule has 0 aromatic heterocycles. The number of amides is 1. The van der Waals surface area contributed by atoms with Crippen molar-refractivity contribution in [2.75, 3.05) is 43.8 Å². The monoisotopic (exact) mass is 397 g/mol. The SMILES string of the molecule is CCOc1ccc(N(CCCC(=O)NC2CCN(C)CC2)S(C)(=O)=O)cc1. The lowest BCUT2D eigenvalue weighted by Gasteiger charge is -2.29. The topological polar surface area (TPSA) is 79.0 Å². The van der Waals surface area contributed by atoms with Gasteiger partial charge in [-0.1, -0.05) is 0 Å². The molecular formula is C19H31N3O4S. The summed E-state index contributed by atoms with van der Waals surface area (Å²) in [6, 6.07) is 7.19. The molecule has 0 unspecified atom stereocenters. The molecule has 1 aromatic rings. The zero-order chi connectivity index (χ0) is 19.9. The summed E-state index contributed by atoms with van der Waals surface area (Å²) in [7, 11) is -1.34. The molecular weight excluding hydrogens is 366 g/mol. The number of nitrogens with zero attached hydrogens (tertiary/aromatic N) is 2. The molecule has 0 radical (unpaired) electrons. The number of likely N-dealkylation sites (tertiary alicyclic amines) is 1. The van der Waals surface area contributed by atoms with Gasteiger partial charge in [0.25, 0.3) is 0 Å². The van der Waals surface area contributed by atoms with E-state index in [4.69, 9.17) is 4.74 Å². The normalized spacial score (nSPS) is 16.1. The maximum absolute atomic E-state index is 12.2. The van der Waals surface area contributed by atoms with Crippen molar-refractivity contribution in [3.63, 3.8) is 0 Å². The van der Waals surface area contributed by atoms with Gasteiger partial charge in [0.1, 0.15) is 5.75 Å². The van der Waals surface area contributed by atoms with Crippen LogP contribution in [0, 0.1) is 0 Å². The first-order chi connectivity index (χ1) is 12.8. The van der Waals surface area contributed by atoms with Crippen molar-refractivity contribution in [2.24, 2.45) is 0 Å². The van der Waals surface area contributed by atoms with Gasteiger partial charge in [-0.15, -0.1) is 0 Å². The third-order valence-electron chi connectivity index (χ3n) is 4.68. The Morgan fingerprint density at radius 1 is 1.26 bits per heavy atom. The third kappa shape index (κ3) is 7.03. The largest absolute Gasteiger partial charge is 0.494 e. The number of hydrogen-bond acceptors (Lipinski definition) is 5. The van der Waals surface area contributed by atoms with Crippen LogP contribution in [0.2, 0.25) is 0 Å². The van der Waals surface area contributed by atoms with Crippen LogP contribution < -0.4 is 14.4 Å². The molecule has 152 valence electrons. The molecule has 1 saturated heterocycles. The van der Waals surface area contributed by atoms with Gasteiger partial charge >= 0.3 is 0 Å². The number of anilines is 1. The number of rotatable bonds is 9. The predicted molar refractivity (Wildman–Crippen MR) is 108 cm³/mol. The second-order valence-electron chi connectivity index (χ2n) is 7.01. The summed E-state index contributed by atoms with van der Waals surface area (Å²) >= 11 is 0. The number of ether oxygens (including phenoxy) is 1. The Labute approximate surface area is 162 Å². The van der Waals surface area contributed by atoms with E-state index in [1.54, 1.807) is 24.3 Å². The minimum atomic E-state index is -3.42. The van der Waals surface area contributed by atoms with Crippen LogP contribution in [0.25, 0.3) is 0 Å². The molecule has 0 atom stereocenters. The van der Waals surface area contributed by atoms with Crippen molar-refractivity contribution in [3.05, 3.63) is 24.3 Å². The van der Waals surface area contributed by atoms with Crippen molar-refractivity contribution >= 4 is 21.6 Å². The molecule has 1 amide bonds. The standard InChI is InChI=1S/C19H31N3O4S/c1-4-26-18-9-7-17(8-10-18)22(27(3,24)25)13-5-6-19(23)20-16-11-14-21(2)15-12-16/h7-10,16H,4-6,11-15H2,1-3H3,(H,20,23). The Bertz CT molecular complexity index is 698. The molecule has 1 aromatic carbocycles. The van der Waals surface area contributed by atoms with Crippen molar-refractivity contribution < 1.29 is 17.9 Å². The van der Waals surface area contributed by atoms with Gasteiger partial charge < -0.3 is 15.0 Å². The molecule has 0 bridgehead atoms. The van der Waals surface area contributed by atoms with Gasteiger partial charge in [-0.25, -0.2) is 8.42 Å². The van der Waals surface area contributed by atoms with Crippen molar-refractivity contribution in [1.29, 1.82) is 0 Å². The molecule has 0 aliphatic carbocycles. The number of nitrogens with one attached hydrogen (secondary N) is 1. The van der Waals surface area contributed by atoms with E-state index in [0.29, 0.717) is 30.9 Å². The molecule has 1 fully saturated rings. The highest BCUT2D eigenvalue weighted by Crippen LogP contribution is 2.22. The average molecular weight is 398 g/mol. The molecule has 7 nitrogen and oxygen atoms in total. The third-order valence-corrected chi connectivity index (χ3v) is 5.88. The zero-order valence-corrected chi connectivity index (χ0v) is 17.3. The maximum Gasteiger partial charge on any atom is 0.232 e. The van der Waals surface area contributed by atoms with Crippen molar-refractivity contribution in [2.45, 2.75) is 38.6 Å². The number of hydrogen-bond donors (Lipinski definition) is 1. The minimum Gasteiger partial charge on any atom is -0.494 e. The first kappa shape index (κ1) is 21.5. The summed E-state index contributed by atoms with van der Waals surface area (Å²) < 4.78 is 31.0. The van der Waals surface area contributed by atoms with Gasteiger partial charge in [-0.2, -0.15) is 0 Å². The molecule has 1 aliphatic heterocycles. The summed E-state index contributed by atoms with van der Waals surface area (Å²) in [5.74, 6) is 0.692. The summed E-state index contributed by atoms with van der Waals surface area (Å²) in [5.41, 5.74) is 0.580. The van der Waals surface area contributed by atoms with Crippen molar-refractivity contribution in [1.82, 2.24) is 10.2 Å². The van der Waals surface area contributed by atoms with Crippen LogP contribution in [-0.4, -0.2) is 64.8 Å². The van der Waals surface area contributed by atoms with E-state index in [-0.39, 0.29) is 18.5 Å². The molecule has 2 rings (SSSR count). The quantitative estimate of drug-likeness (QED) is 0.688. The lowest BCUT2D eigenvalue weighted by molar-refractivity contribution is -0.122. The van der Waals surface area contributed by atoms with Crippen LogP contribution in [0.4, 0.5) is 5.69 Å². The highest BCUT2D eigenvalue weighted by molar-refractivity contribution is 7.92. The molecule has 1 N–H and O–H groups in total. The van der Waals surface area contributed by atoms with E-state index in [0.717, 1.165) is 25.9 Å². The van der Waals surface area contributed by atoms with E-state index < -0.39 is 10.0 Å². The van der Waals surface area contributed by atoms with Gasteiger partial charge in [0.15, 0.2) is 0 Å². The first-order valence-electron chi connectivity index (χ1n) is 9.48. The number of sulfonamides is 1. The van der Waals surface area contributed by atoms with Gasteiger partial charge in [-0.3, -0.25) is 9.10 Å². The summed E-state index contributed by atoms with van der Waals surface area (Å²) in [4.78, 5) is 14.4. The van der Waals surface area contributed by atoms with Gasteiger partial charge in [0.2, 0.25) is 15.9 Å². The number of benzene rings is 1. The minimum absolute atomic E-state index is 0.00954. The zero-order valence-electron chi connectivity index (χ0n) is 16.5. The Morgan fingerprint density at radius 3 is 2.44 bits per heavy atom. The highest BCUT2D eigenvalue weighted by atomic mass is 32.2. The van der Waals surface area contributed by atoms with Crippen LogP contribution in [0.1, 0.15) is 32.6 Å². The second kappa shape index (κ2) is 9.94. The molecule has 0 saturated carbocycles. The lowest BCUT2D eigenvalue weighted by atomic mass is 10.1. The molecule has 27 heavy (non-hydrogen) atoms. The van der Waals surface area contributed by atoms with Gasteiger partial charge in [0.05, 0.1) is 18.6 Å². The molecule has 8 heteroatoms. The average Bonchev–Trinajstić information content (AvgIpc) is 2.61. The predicted octanol–water partition coefficient (Wildman–Crippen LogP) is 1.84. The van der Waals surface area contributed by atoms with Gasteiger partial charge in [-0.05, 0) is 70.6 Å². The van der Waals surface area contributed by atoms with Crippen molar-refractivity contribution in [3.8, 4) is 5.75 Å². The molecule has 1 aliphatic rings. The Balaban J connectivity index is 1.86. The maximum atomic E-state index is 12.2. The summed E-state index contributed by atoms with van der Waals surface area (Å²) in [5, 5.41) is 3.06. The fraction of sp³-hybridized carbons (Fsp3) is 0.632. The van der Waals surface area contributed by atoms with Crippen LogP contribution in [0.5, 0.6) is 5.75 Å². The van der Waals surface area contributed by atoms with Crippen LogP contribution in [-0.2, 0) is 14.8 Å². The Hall–Kier alpha value is -1.80. The van der Waals surface area contributed by atoms with Crippen LogP contribution in [0.3, 0.4) is 0 Å². The van der Waals surface area contributed by atoms with E-state index in [1.165, 1.54) is 10.6 Å². The van der Waals surface area contributed by atoms with Crippen LogP contribution >= 0.6 is 0 Å². The summed E-state index contributed by atoms with van der Waals surface area (Å²) in [6.07, 6.45) is 3.89. The van der Waals surface area contributed by atoms with E-state index in [1.807, 2.05) is 6.92 Å². The fourth-order valence-electron chi connectivity index (χ4n) is 3.20. The fourth-order valence-corrected chi connectivity index (χ4v) is 4.16. The van der Waals surface area contributed by atoms with Crippen LogP contribution in [0.15, 0.2) is 24.3 Å². The first-order valence-corrected chi connectivity index (χ1v) is 11.3.